The fourth-order valence-electron chi connectivity index (χ4n) is 3.38. The maximum Gasteiger partial charge on any atom is 0.127 e. The van der Waals surface area contributed by atoms with Gasteiger partial charge >= 0.3 is 0 Å². The van der Waals surface area contributed by atoms with E-state index in [2.05, 4.69) is 15.9 Å². The molecule has 2 saturated carbocycles. The van der Waals surface area contributed by atoms with Crippen molar-refractivity contribution in [2.24, 2.45) is 17.3 Å². The summed E-state index contributed by atoms with van der Waals surface area (Å²) in [5.74, 6) is 2.32. The largest absolute Gasteiger partial charge is 0.207 e. The van der Waals surface area contributed by atoms with E-state index in [0.717, 1.165) is 28.3 Å². The molecule has 0 N–H and O–H groups in total. The van der Waals surface area contributed by atoms with Crippen LogP contribution in [0.1, 0.15) is 24.8 Å². The SMILES string of the molecule is Fc1cc(Br)ccc1CC1(CCl)CC2CC2C1. The number of halogens is 3. The Balaban J connectivity index is 1.81. The molecule has 2 fully saturated rings. The normalized spacial score (nSPS) is 34.8. The first-order valence-electron chi connectivity index (χ1n) is 6.12. The average molecular weight is 318 g/mol. The molecule has 2 atom stereocenters. The van der Waals surface area contributed by atoms with Crippen LogP contribution in [0.15, 0.2) is 22.7 Å². The van der Waals surface area contributed by atoms with Gasteiger partial charge in [-0.25, -0.2) is 4.39 Å². The molecule has 0 saturated heterocycles. The lowest BCUT2D eigenvalue weighted by atomic mass is 9.79. The van der Waals surface area contributed by atoms with Gasteiger partial charge in [-0.15, -0.1) is 11.6 Å². The first-order chi connectivity index (χ1) is 8.12. The molecule has 3 rings (SSSR count). The van der Waals surface area contributed by atoms with Gasteiger partial charge < -0.3 is 0 Å². The fraction of sp³-hybridized carbons (Fsp3) is 0.571. The lowest BCUT2D eigenvalue weighted by molar-refractivity contribution is 0.299. The Morgan fingerprint density at radius 1 is 1.35 bits per heavy atom. The summed E-state index contributed by atoms with van der Waals surface area (Å²) in [6.07, 6.45) is 4.55. The van der Waals surface area contributed by atoms with Gasteiger partial charge in [0.05, 0.1) is 0 Å². The summed E-state index contributed by atoms with van der Waals surface area (Å²) in [6.45, 7) is 0. The summed E-state index contributed by atoms with van der Waals surface area (Å²) in [4.78, 5) is 0. The summed E-state index contributed by atoms with van der Waals surface area (Å²) in [7, 11) is 0. The molecule has 1 aromatic carbocycles. The molecule has 17 heavy (non-hydrogen) atoms. The van der Waals surface area contributed by atoms with Crippen molar-refractivity contribution in [1.29, 1.82) is 0 Å². The average Bonchev–Trinajstić information content (AvgIpc) is 2.91. The molecule has 0 radical (unpaired) electrons. The molecule has 3 heteroatoms. The molecule has 92 valence electrons. The van der Waals surface area contributed by atoms with Gasteiger partial charge in [-0.1, -0.05) is 22.0 Å². The maximum absolute atomic E-state index is 13.8. The van der Waals surface area contributed by atoms with Crippen LogP contribution in [-0.4, -0.2) is 5.88 Å². The van der Waals surface area contributed by atoms with Crippen molar-refractivity contribution in [3.63, 3.8) is 0 Å². The molecule has 0 nitrogen and oxygen atoms in total. The van der Waals surface area contributed by atoms with Crippen molar-refractivity contribution >= 4 is 27.5 Å². The van der Waals surface area contributed by atoms with E-state index in [1.807, 2.05) is 12.1 Å². The molecule has 0 aliphatic heterocycles. The number of alkyl halides is 1. The molecule has 0 bridgehead atoms. The molecule has 0 aromatic heterocycles. The van der Waals surface area contributed by atoms with E-state index < -0.39 is 0 Å². The van der Waals surface area contributed by atoms with Crippen LogP contribution in [0.25, 0.3) is 0 Å². The Kier molecular flexibility index (Phi) is 2.99. The predicted molar refractivity (Wildman–Crippen MR) is 71.8 cm³/mol. The molecule has 0 amide bonds. The van der Waals surface area contributed by atoms with Crippen LogP contribution in [0, 0.1) is 23.1 Å². The number of rotatable bonds is 3. The van der Waals surface area contributed by atoms with Gasteiger partial charge in [0.25, 0.3) is 0 Å². The molecular formula is C14H15BrClF. The van der Waals surface area contributed by atoms with Crippen LogP contribution in [0.2, 0.25) is 0 Å². The second-order valence-electron chi connectivity index (χ2n) is 5.71. The lowest BCUT2D eigenvalue weighted by Gasteiger charge is -2.28. The molecular weight excluding hydrogens is 303 g/mol. The van der Waals surface area contributed by atoms with Gasteiger partial charge in [-0.3, -0.25) is 0 Å². The molecule has 1 aromatic rings. The lowest BCUT2D eigenvalue weighted by Crippen LogP contribution is -2.24. The molecule has 2 aliphatic carbocycles. The highest BCUT2D eigenvalue weighted by Crippen LogP contribution is 2.61. The third kappa shape index (κ3) is 2.26. The molecule has 2 unspecified atom stereocenters. The van der Waals surface area contributed by atoms with E-state index in [9.17, 15) is 4.39 Å². The summed E-state index contributed by atoms with van der Waals surface area (Å²) in [5, 5.41) is 0. The van der Waals surface area contributed by atoms with E-state index in [1.54, 1.807) is 6.07 Å². The Labute approximate surface area is 115 Å². The van der Waals surface area contributed by atoms with Crippen molar-refractivity contribution in [2.75, 3.05) is 5.88 Å². The minimum Gasteiger partial charge on any atom is -0.207 e. The number of fused-ring (bicyclic) bond motifs is 1. The number of hydrogen-bond acceptors (Lipinski definition) is 0. The zero-order valence-corrected chi connectivity index (χ0v) is 11.9. The third-order valence-electron chi connectivity index (χ3n) is 4.32. The summed E-state index contributed by atoms with van der Waals surface area (Å²) >= 11 is 9.44. The molecule has 0 heterocycles. The van der Waals surface area contributed by atoms with Crippen molar-refractivity contribution in [3.8, 4) is 0 Å². The van der Waals surface area contributed by atoms with Gasteiger partial charge in [-0.2, -0.15) is 0 Å². The summed E-state index contributed by atoms with van der Waals surface area (Å²) in [6, 6.07) is 5.35. The maximum atomic E-state index is 13.8. The van der Waals surface area contributed by atoms with Crippen LogP contribution in [0.5, 0.6) is 0 Å². The van der Waals surface area contributed by atoms with Crippen molar-refractivity contribution in [3.05, 3.63) is 34.1 Å². The highest BCUT2D eigenvalue weighted by atomic mass is 79.9. The second kappa shape index (κ2) is 4.24. The van der Waals surface area contributed by atoms with Crippen LogP contribution >= 0.6 is 27.5 Å². The quantitative estimate of drug-likeness (QED) is 0.703. The Hall–Kier alpha value is -0.0800. The fourth-order valence-corrected chi connectivity index (χ4v) is 4.02. The second-order valence-corrected chi connectivity index (χ2v) is 6.89. The number of hydrogen-bond donors (Lipinski definition) is 0. The van der Waals surface area contributed by atoms with Gasteiger partial charge in [0.15, 0.2) is 0 Å². The van der Waals surface area contributed by atoms with E-state index in [0.29, 0.717) is 5.88 Å². The van der Waals surface area contributed by atoms with E-state index in [-0.39, 0.29) is 11.2 Å². The van der Waals surface area contributed by atoms with Gasteiger partial charge in [0, 0.05) is 10.4 Å². The zero-order valence-electron chi connectivity index (χ0n) is 9.56. The van der Waals surface area contributed by atoms with E-state index in [1.165, 1.54) is 19.3 Å². The zero-order chi connectivity index (χ0) is 12.0. The van der Waals surface area contributed by atoms with Crippen LogP contribution in [0.3, 0.4) is 0 Å². The van der Waals surface area contributed by atoms with E-state index in [4.69, 9.17) is 11.6 Å². The first-order valence-corrected chi connectivity index (χ1v) is 7.44. The molecule has 2 aliphatic rings. The number of benzene rings is 1. The van der Waals surface area contributed by atoms with Crippen LogP contribution in [0.4, 0.5) is 4.39 Å². The Bertz CT molecular complexity index is 436. The smallest absolute Gasteiger partial charge is 0.127 e. The topological polar surface area (TPSA) is 0 Å². The first kappa shape index (κ1) is 12.0. The van der Waals surface area contributed by atoms with Crippen LogP contribution < -0.4 is 0 Å². The van der Waals surface area contributed by atoms with E-state index >= 15 is 0 Å². The Morgan fingerprint density at radius 3 is 2.65 bits per heavy atom. The van der Waals surface area contributed by atoms with Crippen molar-refractivity contribution in [2.45, 2.75) is 25.7 Å². The van der Waals surface area contributed by atoms with Crippen LogP contribution in [-0.2, 0) is 6.42 Å². The minimum absolute atomic E-state index is 0.107. The highest BCUT2D eigenvalue weighted by molar-refractivity contribution is 9.10. The van der Waals surface area contributed by atoms with Gasteiger partial charge in [-0.05, 0) is 60.6 Å². The predicted octanol–water partition coefficient (Wildman–Crippen LogP) is 4.79. The summed E-state index contributed by atoms with van der Waals surface area (Å²) in [5.41, 5.74) is 0.972. The van der Waals surface area contributed by atoms with Crippen molar-refractivity contribution in [1.82, 2.24) is 0 Å². The molecule has 0 spiro atoms. The monoisotopic (exact) mass is 316 g/mol. The standard InChI is InChI=1S/C14H15BrClF/c15-12-2-1-9(13(17)4-12)5-14(8-16)6-10-3-11(10)7-14/h1-2,4,10-11H,3,5-8H2. The third-order valence-corrected chi connectivity index (χ3v) is 5.38. The minimum atomic E-state index is -0.107. The van der Waals surface area contributed by atoms with Crippen molar-refractivity contribution < 1.29 is 4.39 Å². The highest BCUT2D eigenvalue weighted by Gasteiger charge is 2.53. The Morgan fingerprint density at radius 2 is 2.06 bits per heavy atom. The van der Waals surface area contributed by atoms with Gasteiger partial charge in [0.2, 0.25) is 0 Å². The van der Waals surface area contributed by atoms with Gasteiger partial charge in [0.1, 0.15) is 5.82 Å². The summed E-state index contributed by atoms with van der Waals surface area (Å²) < 4.78 is 14.6.